The molecule has 1 aliphatic rings. The van der Waals surface area contributed by atoms with Gasteiger partial charge in [-0.2, -0.15) is 4.31 Å². The zero-order valence-corrected chi connectivity index (χ0v) is 13.5. The highest BCUT2D eigenvalue weighted by Gasteiger charge is 2.30. The van der Waals surface area contributed by atoms with Gasteiger partial charge in [-0.3, -0.25) is 4.79 Å². The summed E-state index contributed by atoms with van der Waals surface area (Å²) in [6.07, 6.45) is 1.84. The minimum absolute atomic E-state index is 0.0181. The van der Waals surface area contributed by atoms with E-state index < -0.39 is 10.0 Å². The van der Waals surface area contributed by atoms with Crippen molar-refractivity contribution in [3.05, 3.63) is 23.8 Å². The summed E-state index contributed by atoms with van der Waals surface area (Å²) in [6.45, 7) is 6.33. The van der Waals surface area contributed by atoms with Gasteiger partial charge < -0.3 is 5.32 Å². The quantitative estimate of drug-likeness (QED) is 0.877. The number of rotatable bonds is 6. The smallest absolute Gasteiger partial charge is 0.243 e. The highest BCUT2D eigenvalue weighted by Crippen LogP contribution is 2.31. The Morgan fingerprint density at radius 3 is 2.43 bits per heavy atom. The molecule has 1 saturated carbocycles. The molecule has 116 valence electrons. The van der Waals surface area contributed by atoms with Crippen molar-refractivity contribution < 1.29 is 13.2 Å². The van der Waals surface area contributed by atoms with Crippen LogP contribution in [0.5, 0.6) is 0 Å². The maximum absolute atomic E-state index is 12.5. The van der Waals surface area contributed by atoms with Crippen molar-refractivity contribution in [1.82, 2.24) is 4.31 Å². The molecule has 2 rings (SSSR count). The summed E-state index contributed by atoms with van der Waals surface area (Å²) in [4.78, 5) is 12.1. The van der Waals surface area contributed by atoms with Crippen LogP contribution in [0.3, 0.4) is 0 Å². The molecule has 0 spiro atoms. The summed E-state index contributed by atoms with van der Waals surface area (Å²) < 4.78 is 26.4. The number of anilines is 1. The van der Waals surface area contributed by atoms with E-state index in [0.717, 1.165) is 18.4 Å². The van der Waals surface area contributed by atoms with Crippen LogP contribution in [-0.4, -0.2) is 31.7 Å². The highest BCUT2D eigenvalue weighted by atomic mass is 32.2. The second kappa shape index (κ2) is 6.15. The van der Waals surface area contributed by atoms with Crippen molar-refractivity contribution in [2.24, 2.45) is 5.92 Å². The summed E-state index contributed by atoms with van der Waals surface area (Å²) in [5, 5.41) is 2.84. The van der Waals surface area contributed by atoms with E-state index in [1.807, 2.05) is 20.8 Å². The lowest BCUT2D eigenvalue weighted by molar-refractivity contribution is -0.117. The third kappa shape index (κ3) is 3.44. The van der Waals surface area contributed by atoms with Gasteiger partial charge in [-0.25, -0.2) is 8.42 Å². The van der Waals surface area contributed by atoms with Crippen LogP contribution in [0.1, 0.15) is 32.3 Å². The van der Waals surface area contributed by atoms with Crippen molar-refractivity contribution in [3.8, 4) is 0 Å². The van der Waals surface area contributed by atoms with Crippen LogP contribution in [0.4, 0.5) is 5.69 Å². The SMILES string of the molecule is CCN(CC)S(=O)(=O)c1ccc(C)c(NC(=O)C2CC2)c1. The van der Waals surface area contributed by atoms with Crippen LogP contribution in [0.15, 0.2) is 23.1 Å². The van der Waals surface area contributed by atoms with E-state index in [9.17, 15) is 13.2 Å². The maximum Gasteiger partial charge on any atom is 0.243 e. The molecule has 1 fully saturated rings. The Hall–Kier alpha value is -1.40. The van der Waals surface area contributed by atoms with Gasteiger partial charge in [-0.15, -0.1) is 0 Å². The number of hydrogen-bond donors (Lipinski definition) is 1. The standard InChI is InChI=1S/C15H22N2O3S/c1-4-17(5-2)21(19,20)13-9-6-11(3)14(10-13)16-15(18)12-7-8-12/h6,9-10,12H,4-5,7-8H2,1-3H3,(H,16,18). The largest absolute Gasteiger partial charge is 0.326 e. The predicted molar refractivity (Wildman–Crippen MR) is 82.6 cm³/mol. The van der Waals surface area contributed by atoms with Gasteiger partial charge in [-0.05, 0) is 37.5 Å². The van der Waals surface area contributed by atoms with E-state index in [1.165, 1.54) is 4.31 Å². The van der Waals surface area contributed by atoms with Gasteiger partial charge in [0.25, 0.3) is 0 Å². The van der Waals surface area contributed by atoms with Crippen LogP contribution in [-0.2, 0) is 14.8 Å². The first-order valence-electron chi connectivity index (χ1n) is 7.31. The summed E-state index contributed by atoms with van der Waals surface area (Å²) in [7, 11) is -3.50. The van der Waals surface area contributed by atoms with Gasteiger partial charge in [-0.1, -0.05) is 19.9 Å². The maximum atomic E-state index is 12.5. The number of carbonyl (C=O) groups excluding carboxylic acids is 1. The zero-order chi connectivity index (χ0) is 15.6. The van der Waals surface area contributed by atoms with Crippen molar-refractivity contribution in [3.63, 3.8) is 0 Å². The first-order chi connectivity index (χ1) is 9.90. The van der Waals surface area contributed by atoms with Gasteiger partial charge in [0, 0.05) is 24.7 Å². The predicted octanol–water partition coefficient (Wildman–Crippen LogP) is 2.37. The Morgan fingerprint density at radius 1 is 1.29 bits per heavy atom. The molecule has 0 unspecified atom stereocenters. The lowest BCUT2D eigenvalue weighted by atomic mass is 10.2. The average molecular weight is 310 g/mol. The normalized spacial score (nSPS) is 15.2. The molecule has 21 heavy (non-hydrogen) atoms. The number of benzene rings is 1. The Labute approximate surface area is 126 Å². The first kappa shape index (κ1) is 16.0. The van der Waals surface area contributed by atoms with Crippen LogP contribution >= 0.6 is 0 Å². The molecular formula is C15H22N2O3S. The second-order valence-corrected chi connectivity index (χ2v) is 7.27. The number of carbonyl (C=O) groups is 1. The molecule has 0 aromatic heterocycles. The molecule has 0 bridgehead atoms. The molecule has 1 aliphatic carbocycles. The third-order valence-electron chi connectivity index (χ3n) is 3.76. The summed E-state index contributed by atoms with van der Waals surface area (Å²) in [6, 6.07) is 4.89. The van der Waals surface area contributed by atoms with E-state index in [0.29, 0.717) is 18.8 Å². The number of sulfonamides is 1. The van der Waals surface area contributed by atoms with Gasteiger partial charge in [0.05, 0.1) is 4.90 Å². The minimum Gasteiger partial charge on any atom is -0.326 e. The number of nitrogens with one attached hydrogen (secondary N) is 1. The molecule has 1 aromatic rings. The molecule has 0 saturated heterocycles. The number of hydrogen-bond acceptors (Lipinski definition) is 3. The molecule has 1 amide bonds. The molecule has 1 N–H and O–H groups in total. The zero-order valence-electron chi connectivity index (χ0n) is 12.7. The highest BCUT2D eigenvalue weighted by molar-refractivity contribution is 7.89. The number of amides is 1. The number of nitrogens with zero attached hydrogens (tertiary/aromatic N) is 1. The van der Waals surface area contributed by atoms with Gasteiger partial charge in [0.1, 0.15) is 0 Å². The first-order valence-corrected chi connectivity index (χ1v) is 8.75. The van der Waals surface area contributed by atoms with E-state index in [2.05, 4.69) is 5.32 Å². The van der Waals surface area contributed by atoms with Gasteiger partial charge in [0.2, 0.25) is 15.9 Å². The van der Waals surface area contributed by atoms with Crippen LogP contribution in [0.2, 0.25) is 0 Å². The van der Waals surface area contributed by atoms with Crippen LogP contribution in [0.25, 0.3) is 0 Å². The Morgan fingerprint density at radius 2 is 1.90 bits per heavy atom. The van der Waals surface area contributed by atoms with Crippen LogP contribution < -0.4 is 5.32 Å². The summed E-state index contributed by atoms with van der Waals surface area (Å²) in [5.41, 5.74) is 1.45. The molecule has 0 heterocycles. The Kier molecular flexibility index (Phi) is 4.68. The van der Waals surface area contributed by atoms with E-state index in [1.54, 1.807) is 18.2 Å². The third-order valence-corrected chi connectivity index (χ3v) is 5.80. The molecule has 0 aliphatic heterocycles. The van der Waals surface area contributed by atoms with E-state index in [-0.39, 0.29) is 16.7 Å². The van der Waals surface area contributed by atoms with Crippen molar-refractivity contribution in [2.75, 3.05) is 18.4 Å². The molecular weight excluding hydrogens is 288 g/mol. The van der Waals surface area contributed by atoms with Gasteiger partial charge >= 0.3 is 0 Å². The molecule has 0 atom stereocenters. The van der Waals surface area contributed by atoms with E-state index in [4.69, 9.17) is 0 Å². The van der Waals surface area contributed by atoms with Gasteiger partial charge in [0.15, 0.2) is 0 Å². The lowest BCUT2D eigenvalue weighted by Crippen LogP contribution is -2.30. The topological polar surface area (TPSA) is 66.5 Å². The van der Waals surface area contributed by atoms with Crippen molar-refractivity contribution in [1.29, 1.82) is 0 Å². The summed E-state index contributed by atoms with van der Waals surface area (Å²) in [5.74, 6) is 0.0722. The Bertz CT molecular complexity index is 632. The number of aryl methyl sites for hydroxylation is 1. The molecule has 1 aromatic carbocycles. The average Bonchev–Trinajstić information content (AvgIpc) is 3.26. The monoisotopic (exact) mass is 310 g/mol. The lowest BCUT2D eigenvalue weighted by Gasteiger charge is -2.19. The fourth-order valence-electron chi connectivity index (χ4n) is 2.19. The minimum atomic E-state index is -3.50. The molecule has 6 heteroatoms. The fourth-order valence-corrected chi connectivity index (χ4v) is 3.67. The molecule has 0 radical (unpaired) electrons. The summed E-state index contributed by atoms with van der Waals surface area (Å²) >= 11 is 0. The fraction of sp³-hybridized carbons (Fsp3) is 0.533. The van der Waals surface area contributed by atoms with E-state index >= 15 is 0 Å². The second-order valence-electron chi connectivity index (χ2n) is 5.33. The van der Waals surface area contributed by atoms with Crippen LogP contribution in [0, 0.1) is 12.8 Å². The molecule has 5 nitrogen and oxygen atoms in total. The van der Waals surface area contributed by atoms with Crippen molar-refractivity contribution in [2.45, 2.75) is 38.5 Å². The Balaban J connectivity index is 2.31. The van der Waals surface area contributed by atoms with Crippen molar-refractivity contribution >= 4 is 21.6 Å².